The summed E-state index contributed by atoms with van der Waals surface area (Å²) in [6.45, 7) is 0.315. The lowest BCUT2D eigenvalue weighted by Gasteiger charge is -2.09. The predicted octanol–water partition coefficient (Wildman–Crippen LogP) is 2.92. The Kier molecular flexibility index (Phi) is 2.27. The number of thiophene rings is 1. The van der Waals surface area contributed by atoms with Crippen molar-refractivity contribution >= 4 is 27.3 Å². The summed E-state index contributed by atoms with van der Waals surface area (Å²) < 4.78 is 1.20. The summed E-state index contributed by atoms with van der Waals surface area (Å²) in [6.07, 6.45) is 3.43. The molecular weight excluding hydrogens is 236 g/mol. The Bertz CT molecular complexity index is 278. The van der Waals surface area contributed by atoms with Gasteiger partial charge in [-0.2, -0.15) is 0 Å². The van der Waals surface area contributed by atoms with Gasteiger partial charge in [0.05, 0.1) is 3.79 Å². The van der Waals surface area contributed by atoms with Crippen molar-refractivity contribution in [1.82, 2.24) is 0 Å². The maximum Gasteiger partial charge on any atom is 0.0701 e. The van der Waals surface area contributed by atoms with E-state index in [2.05, 4.69) is 28.1 Å². The van der Waals surface area contributed by atoms with Crippen molar-refractivity contribution in [3.63, 3.8) is 0 Å². The summed E-state index contributed by atoms with van der Waals surface area (Å²) in [5.41, 5.74) is 0.353. The Morgan fingerprint density at radius 1 is 1.50 bits per heavy atom. The number of hydrogen-bond donors (Lipinski definition) is 1. The molecule has 0 bridgehead atoms. The molecule has 1 aliphatic rings. The molecule has 0 radical (unpaired) electrons. The fourth-order valence-corrected chi connectivity index (χ4v) is 3.24. The van der Waals surface area contributed by atoms with Crippen LogP contribution in [0.5, 0.6) is 0 Å². The lowest BCUT2D eigenvalue weighted by atomic mass is 10.0. The first-order chi connectivity index (χ1) is 5.77. The Hall–Kier alpha value is 0.140. The minimum atomic E-state index is 0.315. The van der Waals surface area contributed by atoms with Gasteiger partial charge in [0, 0.05) is 16.9 Å². The topological polar surface area (TPSA) is 20.2 Å². The van der Waals surface area contributed by atoms with E-state index >= 15 is 0 Å². The normalized spacial score (nSPS) is 19.5. The molecule has 0 amide bonds. The Morgan fingerprint density at radius 2 is 2.25 bits per heavy atom. The zero-order valence-corrected chi connectivity index (χ0v) is 9.12. The van der Waals surface area contributed by atoms with Gasteiger partial charge in [0.1, 0.15) is 0 Å². The molecular formula is C9H11BrOS. The second kappa shape index (κ2) is 3.13. The highest BCUT2D eigenvalue weighted by Crippen LogP contribution is 2.53. The largest absolute Gasteiger partial charge is 0.396 e. The molecule has 1 N–H and O–H groups in total. The number of halogens is 1. The molecule has 0 aromatic carbocycles. The summed E-state index contributed by atoms with van der Waals surface area (Å²) in [7, 11) is 0. The van der Waals surface area contributed by atoms with Crippen LogP contribution in [-0.4, -0.2) is 11.7 Å². The molecule has 12 heavy (non-hydrogen) atoms. The monoisotopic (exact) mass is 246 g/mol. The maximum absolute atomic E-state index is 8.90. The maximum atomic E-state index is 8.90. The molecule has 1 saturated carbocycles. The van der Waals surface area contributed by atoms with Gasteiger partial charge in [-0.3, -0.25) is 0 Å². The van der Waals surface area contributed by atoms with Crippen LogP contribution in [0.15, 0.2) is 15.9 Å². The highest BCUT2D eigenvalue weighted by Gasteiger charge is 2.44. The van der Waals surface area contributed by atoms with Gasteiger partial charge in [-0.15, -0.1) is 11.3 Å². The van der Waals surface area contributed by atoms with Crippen LogP contribution in [0, 0.1) is 0 Å². The molecule has 0 aliphatic heterocycles. The summed E-state index contributed by atoms with van der Waals surface area (Å²) in [5, 5.41) is 8.90. The van der Waals surface area contributed by atoms with Gasteiger partial charge in [0.25, 0.3) is 0 Å². The van der Waals surface area contributed by atoms with Crippen molar-refractivity contribution in [3.05, 3.63) is 20.8 Å². The van der Waals surface area contributed by atoms with Gasteiger partial charge >= 0.3 is 0 Å². The summed E-state index contributed by atoms with van der Waals surface area (Å²) >= 11 is 5.26. The van der Waals surface area contributed by atoms with Crippen molar-refractivity contribution in [2.24, 2.45) is 0 Å². The molecule has 1 heterocycles. The third-order valence-electron chi connectivity index (χ3n) is 2.54. The molecule has 0 atom stereocenters. The Labute approximate surface area is 84.6 Å². The van der Waals surface area contributed by atoms with Gasteiger partial charge in [-0.1, -0.05) is 0 Å². The number of hydrogen-bond acceptors (Lipinski definition) is 2. The average Bonchev–Trinajstić information content (AvgIpc) is 2.69. The molecule has 2 rings (SSSR count). The van der Waals surface area contributed by atoms with Crippen LogP contribution in [0.4, 0.5) is 0 Å². The van der Waals surface area contributed by atoms with Crippen LogP contribution in [0.25, 0.3) is 0 Å². The van der Waals surface area contributed by atoms with Crippen molar-refractivity contribution in [1.29, 1.82) is 0 Å². The smallest absolute Gasteiger partial charge is 0.0701 e. The SMILES string of the molecule is OCCC1(c2ccc(Br)s2)CC1. The van der Waals surface area contributed by atoms with Crippen molar-refractivity contribution in [3.8, 4) is 0 Å². The lowest BCUT2D eigenvalue weighted by molar-refractivity contribution is 0.272. The lowest BCUT2D eigenvalue weighted by Crippen LogP contribution is -2.05. The minimum Gasteiger partial charge on any atom is -0.396 e. The van der Waals surface area contributed by atoms with E-state index in [4.69, 9.17) is 5.11 Å². The predicted molar refractivity (Wildman–Crippen MR) is 54.6 cm³/mol. The van der Waals surface area contributed by atoms with Gasteiger partial charge in [0.15, 0.2) is 0 Å². The van der Waals surface area contributed by atoms with Gasteiger partial charge in [0.2, 0.25) is 0 Å². The van der Waals surface area contributed by atoms with Gasteiger partial charge < -0.3 is 5.11 Å². The first-order valence-electron chi connectivity index (χ1n) is 4.13. The molecule has 0 saturated heterocycles. The first kappa shape index (κ1) is 8.73. The molecule has 1 aromatic heterocycles. The average molecular weight is 247 g/mol. The fourth-order valence-electron chi connectivity index (χ4n) is 1.58. The fraction of sp³-hybridized carbons (Fsp3) is 0.556. The summed E-state index contributed by atoms with van der Waals surface area (Å²) in [6, 6.07) is 4.27. The van der Waals surface area contributed by atoms with Crippen molar-refractivity contribution in [2.75, 3.05) is 6.61 Å². The molecule has 1 aliphatic carbocycles. The van der Waals surface area contributed by atoms with Gasteiger partial charge in [-0.05, 0) is 47.3 Å². The zero-order chi connectivity index (χ0) is 8.60. The quantitative estimate of drug-likeness (QED) is 0.870. The van der Waals surface area contributed by atoms with Gasteiger partial charge in [-0.25, -0.2) is 0 Å². The third-order valence-corrected chi connectivity index (χ3v) is 4.41. The van der Waals surface area contributed by atoms with E-state index in [9.17, 15) is 0 Å². The third kappa shape index (κ3) is 1.45. The van der Waals surface area contributed by atoms with Crippen LogP contribution in [0.1, 0.15) is 24.1 Å². The van der Waals surface area contributed by atoms with E-state index in [1.165, 1.54) is 21.5 Å². The zero-order valence-electron chi connectivity index (χ0n) is 6.72. The van der Waals surface area contributed by atoms with E-state index in [0.29, 0.717) is 12.0 Å². The van der Waals surface area contributed by atoms with Crippen molar-refractivity contribution in [2.45, 2.75) is 24.7 Å². The minimum absolute atomic E-state index is 0.315. The second-order valence-corrected chi connectivity index (χ2v) is 5.82. The van der Waals surface area contributed by atoms with E-state index < -0.39 is 0 Å². The Morgan fingerprint density at radius 3 is 2.67 bits per heavy atom. The van der Waals surface area contributed by atoms with Crippen LogP contribution in [0.3, 0.4) is 0 Å². The van der Waals surface area contributed by atoms with E-state index in [-0.39, 0.29) is 0 Å². The Balaban J connectivity index is 2.18. The number of aliphatic hydroxyl groups excluding tert-OH is 1. The summed E-state index contributed by atoms with van der Waals surface area (Å²) in [4.78, 5) is 1.43. The molecule has 1 fully saturated rings. The standard InChI is InChI=1S/C9H11BrOS/c10-8-2-1-7(12-8)9(3-4-9)5-6-11/h1-2,11H,3-6H2. The molecule has 1 aromatic rings. The second-order valence-electron chi connectivity index (χ2n) is 3.36. The van der Waals surface area contributed by atoms with Crippen molar-refractivity contribution < 1.29 is 5.11 Å². The van der Waals surface area contributed by atoms with Crippen LogP contribution >= 0.6 is 27.3 Å². The van der Waals surface area contributed by atoms with E-state index in [1.807, 2.05) is 0 Å². The molecule has 0 spiro atoms. The highest BCUT2D eigenvalue weighted by molar-refractivity contribution is 9.11. The molecule has 1 nitrogen and oxygen atoms in total. The van der Waals surface area contributed by atoms with Crippen LogP contribution < -0.4 is 0 Å². The molecule has 0 unspecified atom stereocenters. The van der Waals surface area contributed by atoms with Crippen LogP contribution in [0.2, 0.25) is 0 Å². The first-order valence-corrected chi connectivity index (χ1v) is 5.74. The number of rotatable bonds is 3. The van der Waals surface area contributed by atoms with E-state index in [1.54, 1.807) is 11.3 Å². The number of aliphatic hydroxyl groups is 1. The molecule has 3 heteroatoms. The molecule has 66 valence electrons. The summed E-state index contributed by atoms with van der Waals surface area (Å²) in [5.74, 6) is 0. The van der Waals surface area contributed by atoms with Crippen LogP contribution in [-0.2, 0) is 5.41 Å². The highest BCUT2D eigenvalue weighted by atomic mass is 79.9. The van der Waals surface area contributed by atoms with E-state index in [0.717, 1.165) is 6.42 Å².